The van der Waals surface area contributed by atoms with E-state index in [1.807, 2.05) is 31.2 Å². The number of hydrogen-bond acceptors (Lipinski definition) is 9. The van der Waals surface area contributed by atoms with Crippen LogP contribution in [0.2, 0.25) is 0 Å². The van der Waals surface area contributed by atoms with Gasteiger partial charge in [-0.15, -0.1) is 11.3 Å². The molecular weight excluding hydrogens is 602 g/mol. The average molecular weight is 640 g/mol. The van der Waals surface area contributed by atoms with Crippen LogP contribution in [0.5, 0.6) is 0 Å². The standard InChI is InChI=1S/C34H37N7O4S/c1-19-23(7-5-8-26(19)39-33(44)29-16-21-6-3-4-9-28(21)46-29)27-18-41(2)34(45)30(38-27)37-22-10-11-24(25(35)17-22)32(43)40-31(42)20-12-14-36-15-13-20/h5,7-8,10-11,16-18,20,36H,3-4,6,9,12-15,35H2,1-2H3,(H,37,38)(H,39,44)(H,40,42,43). The molecule has 46 heavy (non-hydrogen) atoms. The van der Waals surface area contributed by atoms with Crippen molar-refractivity contribution in [1.29, 1.82) is 0 Å². The number of fused-ring (bicyclic) bond motifs is 1. The van der Waals surface area contributed by atoms with Gasteiger partial charge in [0, 0.05) is 46.7 Å². The largest absolute Gasteiger partial charge is 0.398 e. The topological polar surface area (TPSA) is 160 Å². The summed E-state index contributed by atoms with van der Waals surface area (Å²) in [5, 5.41) is 11.8. The zero-order valence-corrected chi connectivity index (χ0v) is 26.7. The summed E-state index contributed by atoms with van der Waals surface area (Å²) < 4.78 is 1.43. The minimum atomic E-state index is -0.565. The van der Waals surface area contributed by atoms with Gasteiger partial charge in [-0.1, -0.05) is 12.1 Å². The van der Waals surface area contributed by atoms with Crippen LogP contribution in [0.3, 0.4) is 0 Å². The number of imide groups is 1. The maximum Gasteiger partial charge on any atom is 0.293 e. The summed E-state index contributed by atoms with van der Waals surface area (Å²) in [6.45, 7) is 3.38. The van der Waals surface area contributed by atoms with Gasteiger partial charge < -0.3 is 26.3 Å². The first kappa shape index (κ1) is 31.2. The molecule has 1 aliphatic heterocycles. The van der Waals surface area contributed by atoms with E-state index in [1.165, 1.54) is 27.1 Å². The van der Waals surface area contributed by atoms with Crippen molar-refractivity contribution in [2.75, 3.05) is 29.5 Å². The number of hydrogen-bond donors (Lipinski definition) is 5. The zero-order valence-electron chi connectivity index (χ0n) is 25.9. The maximum atomic E-state index is 13.2. The Kier molecular flexibility index (Phi) is 9.00. The lowest BCUT2D eigenvalue weighted by Gasteiger charge is -2.21. The minimum Gasteiger partial charge on any atom is -0.398 e. The quantitative estimate of drug-likeness (QED) is 0.146. The minimum absolute atomic E-state index is 0.0655. The molecule has 0 atom stereocenters. The van der Waals surface area contributed by atoms with Crippen LogP contribution in [0, 0.1) is 12.8 Å². The zero-order chi connectivity index (χ0) is 32.4. The summed E-state index contributed by atoms with van der Waals surface area (Å²) >= 11 is 1.57. The number of nitrogens with two attached hydrogens (primary N) is 1. The third kappa shape index (κ3) is 6.58. The lowest BCUT2D eigenvalue weighted by atomic mass is 9.97. The maximum absolute atomic E-state index is 13.2. The highest BCUT2D eigenvalue weighted by molar-refractivity contribution is 7.14. The van der Waals surface area contributed by atoms with E-state index in [9.17, 15) is 19.2 Å². The van der Waals surface area contributed by atoms with Crippen molar-refractivity contribution < 1.29 is 14.4 Å². The van der Waals surface area contributed by atoms with Crippen LogP contribution < -0.4 is 32.6 Å². The molecule has 11 nitrogen and oxygen atoms in total. The van der Waals surface area contributed by atoms with Gasteiger partial charge in [0.15, 0.2) is 5.82 Å². The second kappa shape index (κ2) is 13.3. The van der Waals surface area contributed by atoms with Crippen molar-refractivity contribution in [3.63, 3.8) is 0 Å². The Balaban J connectivity index is 1.19. The van der Waals surface area contributed by atoms with E-state index in [-0.39, 0.29) is 40.4 Å². The van der Waals surface area contributed by atoms with Crippen LogP contribution in [0.15, 0.2) is 53.5 Å². The number of nitrogen functional groups attached to an aromatic ring is 1. The summed E-state index contributed by atoms with van der Waals surface area (Å²) in [5.41, 5.74) is 10.7. The molecule has 2 aromatic heterocycles. The highest BCUT2D eigenvalue weighted by Crippen LogP contribution is 2.32. The van der Waals surface area contributed by atoms with Crippen LogP contribution in [0.25, 0.3) is 11.3 Å². The molecular formula is C34H37N7O4S. The molecule has 1 saturated heterocycles. The molecule has 12 heteroatoms. The van der Waals surface area contributed by atoms with E-state index in [4.69, 9.17) is 5.73 Å². The highest BCUT2D eigenvalue weighted by atomic mass is 32.1. The Hall–Kier alpha value is -4.81. The van der Waals surface area contributed by atoms with E-state index in [0.717, 1.165) is 49.9 Å². The lowest BCUT2D eigenvalue weighted by Crippen LogP contribution is -2.40. The number of carbonyl (C=O) groups is 3. The lowest BCUT2D eigenvalue weighted by molar-refractivity contribution is -0.124. The van der Waals surface area contributed by atoms with Gasteiger partial charge in [-0.3, -0.25) is 24.5 Å². The fourth-order valence-corrected chi connectivity index (χ4v) is 7.15. The van der Waals surface area contributed by atoms with Gasteiger partial charge in [0.1, 0.15) is 0 Å². The van der Waals surface area contributed by atoms with E-state index in [0.29, 0.717) is 34.8 Å². The fourth-order valence-electron chi connectivity index (χ4n) is 6.00. The Labute approximate surface area is 270 Å². The van der Waals surface area contributed by atoms with Gasteiger partial charge in [0.25, 0.3) is 17.4 Å². The second-order valence-electron chi connectivity index (χ2n) is 11.9. The van der Waals surface area contributed by atoms with Crippen molar-refractivity contribution in [3.8, 4) is 11.3 Å². The van der Waals surface area contributed by atoms with Crippen LogP contribution in [0.1, 0.15) is 61.7 Å². The number of anilines is 4. The van der Waals surface area contributed by atoms with Gasteiger partial charge >= 0.3 is 0 Å². The van der Waals surface area contributed by atoms with Crippen LogP contribution in [-0.2, 0) is 24.7 Å². The molecule has 2 aromatic carbocycles. The predicted molar refractivity (Wildman–Crippen MR) is 181 cm³/mol. The van der Waals surface area contributed by atoms with Crippen LogP contribution in [-0.4, -0.2) is 40.4 Å². The Bertz CT molecular complexity index is 1870. The summed E-state index contributed by atoms with van der Waals surface area (Å²) in [6, 6.07) is 12.3. The van der Waals surface area contributed by atoms with Gasteiger partial charge in [-0.2, -0.15) is 0 Å². The summed E-state index contributed by atoms with van der Waals surface area (Å²) in [7, 11) is 1.64. The van der Waals surface area contributed by atoms with Crippen LogP contribution in [0.4, 0.5) is 22.9 Å². The number of aromatic nitrogens is 2. The number of thiophene rings is 1. The molecule has 4 aromatic rings. The smallest absolute Gasteiger partial charge is 0.293 e. The highest BCUT2D eigenvalue weighted by Gasteiger charge is 2.24. The SMILES string of the molecule is Cc1c(NC(=O)c2cc3c(s2)CCCC3)cccc1-c1cn(C)c(=O)c(Nc2ccc(C(=O)NC(=O)C3CCNCC3)c(N)c2)n1. The number of amides is 3. The molecule has 6 rings (SSSR count). The summed E-state index contributed by atoms with van der Waals surface area (Å²) in [6.07, 6.45) is 7.37. The molecule has 0 bridgehead atoms. The first-order valence-corrected chi connectivity index (χ1v) is 16.3. The number of nitrogens with zero attached hydrogens (tertiary/aromatic N) is 2. The summed E-state index contributed by atoms with van der Waals surface area (Å²) in [5.74, 6) is -1.16. The van der Waals surface area contributed by atoms with E-state index < -0.39 is 5.91 Å². The van der Waals surface area contributed by atoms with Crippen molar-refractivity contribution >= 4 is 51.9 Å². The molecule has 0 radical (unpaired) electrons. The third-order valence-electron chi connectivity index (χ3n) is 8.66. The van der Waals surface area contributed by atoms with Gasteiger partial charge in [0.05, 0.1) is 16.1 Å². The monoisotopic (exact) mass is 639 g/mol. The predicted octanol–water partition coefficient (Wildman–Crippen LogP) is 4.53. The van der Waals surface area contributed by atoms with Crippen molar-refractivity contribution in [1.82, 2.24) is 20.2 Å². The number of nitrogens with one attached hydrogen (secondary N) is 4. The van der Waals surface area contributed by atoms with Crippen molar-refractivity contribution in [3.05, 3.63) is 85.5 Å². The Morgan fingerprint density at radius 1 is 1.04 bits per heavy atom. The first-order valence-electron chi connectivity index (χ1n) is 15.5. The molecule has 6 N–H and O–H groups in total. The van der Waals surface area contributed by atoms with Crippen molar-refractivity contribution in [2.45, 2.75) is 45.4 Å². The van der Waals surface area contributed by atoms with Crippen LogP contribution >= 0.6 is 11.3 Å². The number of rotatable bonds is 7. The Morgan fingerprint density at radius 3 is 2.59 bits per heavy atom. The summed E-state index contributed by atoms with van der Waals surface area (Å²) in [4.78, 5) is 58.2. The number of benzene rings is 2. The normalized spacial score (nSPS) is 14.7. The first-order chi connectivity index (χ1) is 22.2. The van der Waals surface area contributed by atoms with E-state index >= 15 is 0 Å². The molecule has 1 aliphatic carbocycles. The molecule has 1 fully saturated rings. The second-order valence-corrected chi connectivity index (χ2v) is 13.0. The molecule has 0 spiro atoms. The molecule has 3 amide bonds. The van der Waals surface area contributed by atoms with Crippen molar-refractivity contribution in [2.24, 2.45) is 13.0 Å². The molecule has 238 valence electrons. The molecule has 0 unspecified atom stereocenters. The van der Waals surface area contributed by atoms with Gasteiger partial charge in [0.2, 0.25) is 5.91 Å². The molecule has 0 saturated carbocycles. The average Bonchev–Trinajstić information content (AvgIpc) is 3.49. The third-order valence-corrected chi connectivity index (χ3v) is 9.89. The fraction of sp³-hybridized carbons (Fsp3) is 0.324. The number of carbonyl (C=O) groups excluding carboxylic acids is 3. The molecule has 2 aliphatic rings. The van der Waals surface area contributed by atoms with Gasteiger partial charge in [-0.05, 0) is 100.0 Å². The Morgan fingerprint density at radius 2 is 1.83 bits per heavy atom. The molecule has 3 heterocycles. The van der Waals surface area contributed by atoms with Gasteiger partial charge in [-0.25, -0.2) is 4.98 Å². The van der Waals surface area contributed by atoms with E-state index in [2.05, 4.69) is 26.3 Å². The number of piperidine rings is 1. The van der Waals surface area contributed by atoms with E-state index in [1.54, 1.807) is 30.6 Å². The number of aryl methyl sites for hydroxylation is 3.